The maximum absolute atomic E-state index is 12.1. The summed E-state index contributed by atoms with van der Waals surface area (Å²) in [5, 5.41) is 3.06. The van der Waals surface area contributed by atoms with E-state index in [0.29, 0.717) is 6.04 Å². The van der Waals surface area contributed by atoms with Crippen LogP contribution in [0.15, 0.2) is 22.7 Å². The number of likely N-dealkylation sites (tertiary alicyclic amines) is 1. The largest absolute Gasteiger partial charge is 0.347 e. The SMILES string of the molecule is CCc1cc(Br)ccc1C(=O)NC1CN(C)C1. The third-order valence-electron chi connectivity index (χ3n) is 3.09. The monoisotopic (exact) mass is 296 g/mol. The normalized spacial score (nSPS) is 16.6. The van der Waals surface area contributed by atoms with Crippen LogP contribution >= 0.6 is 15.9 Å². The minimum Gasteiger partial charge on any atom is -0.347 e. The van der Waals surface area contributed by atoms with Crippen LogP contribution in [0.25, 0.3) is 0 Å². The summed E-state index contributed by atoms with van der Waals surface area (Å²) in [4.78, 5) is 14.3. The predicted octanol–water partition coefficient (Wildman–Crippen LogP) is 2.06. The van der Waals surface area contributed by atoms with E-state index in [9.17, 15) is 4.79 Å². The molecule has 0 atom stereocenters. The Kier molecular flexibility index (Phi) is 3.84. The minimum absolute atomic E-state index is 0.0486. The van der Waals surface area contributed by atoms with Crippen LogP contribution in [0.3, 0.4) is 0 Å². The van der Waals surface area contributed by atoms with Crippen molar-refractivity contribution in [2.45, 2.75) is 19.4 Å². The van der Waals surface area contributed by atoms with Crippen molar-refractivity contribution in [1.82, 2.24) is 10.2 Å². The summed E-state index contributed by atoms with van der Waals surface area (Å²) in [5.41, 5.74) is 1.88. The zero-order valence-corrected chi connectivity index (χ0v) is 11.8. The highest BCUT2D eigenvalue weighted by Crippen LogP contribution is 2.18. The number of aryl methyl sites for hydroxylation is 1. The van der Waals surface area contributed by atoms with Gasteiger partial charge in [0.25, 0.3) is 5.91 Å². The van der Waals surface area contributed by atoms with E-state index in [0.717, 1.165) is 35.1 Å². The summed E-state index contributed by atoms with van der Waals surface area (Å²) in [6.45, 7) is 3.96. The van der Waals surface area contributed by atoms with Crippen molar-refractivity contribution in [1.29, 1.82) is 0 Å². The number of carbonyl (C=O) groups excluding carboxylic acids is 1. The number of rotatable bonds is 3. The molecular formula is C13H17BrN2O. The molecule has 1 fully saturated rings. The molecule has 1 N–H and O–H groups in total. The molecule has 0 saturated carbocycles. The van der Waals surface area contributed by atoms with Crippen LogP contribution in [-0.2, 0) is 6.42 Å². The van der Waals surface area contributed by atoms with E-state index in [1.165, 1.54) is 0 Å². The zero-order valence-electron chi connectivity index (χ0n) is 10.2. The molecule has 2 rings (SSSR count). The summed E-state index contributed by atoms with van der Waals surface area (Å²) in [6, 6.07) is 6.13. The zero-order chi connectivity index (χ0) is 12.4. The van der Waals surface area contributed by atoms with Gasteiger partial charge < -0.3 is 10.2 Å². The van der Waals surface area contributed by atoms with Crippen LogP contribution in [0.5, 0.6) is 0 Å². The molecule has 0 aliphatic carbocycles. The van der Waals surface area contributed by atoms with Crippen LogP contribution in [0.1, 0.15) is 22.8 Å². The van der Waals surface area contributed by atoms with E-state index in [4.69, 9.17) is 0 Å². The first kappa shape index (κ1) is 12.6. The number of nitrogens with one attached hydrogen (secondary N) is 1. The van der Waals surface area contributed by atoms with Gasteiger partial charge in [-0.05, 0) is 37.2 Å². The van der Waals surface area contributed by atoms with Crippen molar-refractivity contribution in [2.24, 2.45) is 0 Å². The molecule has 1 heterocycles. The van der Waals surface area contributed by atoms with Crippen LogP contribution in [-0.4, -0.2) is 37.0 Å². The molecule has 3 nitrogen and oxygen atoms in total. The molecule has 0 radical (unpaired) electrons. The minimum atomic E-state index is 0.0486. The lowest BCUT2D eigenvalue weighted by atomic mass is 10.0. The van der Waals surface area contributed by atoms with Gasteiger partial charge in [-0.15, -0.1) is 0 Å². The average molecular weight is 297 g/mol. The maximum Gasteiger partial charge on any atom is 0.251 e. The number of carbonyl (C=O) groups is 1. The van der Waals surface area contributed by atoms with Crippen LogP contribution < -0.4 is 5.32 Å². The molecule has 1 saturated heterocycles. The van der Waals surface area contributed by atoms with Gasteiger partial charge in [-0.1, -0.05) is 22.9 Å². The summed E-state index contributed by atoms with van der Waals surface area (Å²) in [6.07, 6.45) is 0.868. The molecule has 1 aliphatic heterocycles. The number of hydrogen-bond acceptors (Lipinski definition) is 2. The van der Waals surface area contributed by atoms with Gasteiger partial charge in [0, 0.05) is 23.1 Å². The summed E-state index contributed by atoms with van der Waals surface area (Å²) >= 11 is 3.43. The molecule has 1 aliphatic rings. The van der Waals surface area contributed by atoms with Gasteiger partial charge in [-0.25, -0.2) is 0 Å². The van der Waals surface area contributed by atoms with Crippen molar-refractivity contribution in [3.05, 3.63) is 33.8 Å². The molecular weight excluding hydrogens is 280 g/mol. The fourth-order valence-corrected chi connectivity index (χ4v) is 2.54. The van der Waals surface area contributed by atoms with E-state index in [2.05, 4.69) is 40.1 Å². The Hall–Kier alpha value is -0.870. The molecule has 0 aromatic heterocycles. The van der Waals surface area contributed by atoms with Crippen molar-refractivity contribution in [3.8, 4) is 0 Å². The average Bonchev–Trinajstić information content (AvgIpc) is 2.26. The predicted molar refractivity (Wildman–Crippen MR) is 72.3 cm³/mol. The van der Waals surface area contributed by atoms with Crippen molar-refractivity contribution in [3.63, 3.8) is 0 Å². The van der Waals surface area contributed by atoms with E-state index in [1.54, 1.807) is 0 Å². The lowest BCUT2D eigenvalue weighted by Crippen LogP contribution is -2.57. The number of amides is 1. The third kappa shape index (κ3) is 2.87. The third-order valence-corrected chi connectivity index (χ3v) is 3.59. The first-order valence-electron chi connectivity index (χ1n) is 5.88. The van der Waals surface area contributed by atoms with Gasteiger partial charge >= 0.3 is 0 Å². The standard InChI is InChI=1S/C13H17BrN2O/c1-3-9-6-10(14)4-5-12(9)13(17)15-11-7-16(2)8-11/h4-6,11H,3,7-8H2,1-2H3,(H,15,17). The molecule has 1 aromatic carbocycles. The Morgan fingerprint density at radius 1 is 1.53 bits per heavy atom. The second kappa shape index (κ2) is 5.19. The number of hydrogen-bond donors (Lipinski definition) is 1. The topological polar surface area (TPSA) is 32.3 Å². The van der Waals surface area contributed by atoms with E-state index < -0.39 is 0 Å². The number of nitrogens with zero attached hydrogens (tertiary/aromatic N) is 1. The van der Waals surface area contributed by atoms with Crippen molar-refractivity contribution in [2.75, 3.05) is 20.1 Å². The van der Waals surface area contributed by atoms with E-state index >= 15 is 0 Å². The van der Waals surface area contributed by atoms with Gasteiger partial charge in [-0.3, -0.25) is 4.79 Å². The van der Waals surface area contributed by atoms with E-state index in [1.807, 2.05) is 18.2 Å². The van der Waals surface area contributed by atoms with Crippen LogP contribution in [0, 0.1) is 0 Å². The highest BCUT2D eigenvalue weighted by atomic mass is 79.9. The first-order valence-corrected chi connectivity index (χ1v) is 6.67. The maximum atomic E-state index is 12.1. The summed E-state index contributed by atoms with van der Waals surface area (Å²) in [7, 11) is 2.06. The summed E-state index contributed by atoms with van der Waals surface area (Å²) < 4.78 is 1.02. The smallest absolute Gasteiger partial charge is 0.251 e. The Morgan fingerprint density at radius 3 is 2.82 bits per heavy atom. The van der Waals surface area contributed by atoms with Crippen molar-refractivity contribution < 1.29 is 4.79 Å². The number of likely N-dealkylation sites (N-methyl/N-ethyl adjacent to an activating group) is 1. The van der Waals surface area contributed by atoms with Crippen LogP contribution in [0.4, 0.5) is 0 Å². The fourth-order valence-electron chi connectivity index (χ4n) is 2.13. The van der Waals surface area contributed by atoms with Gasteiger partial charge in [-0.2, -0.15) is 0 Å². The molecule has 17 heavy (non-hydrogen) atoms. The van der Waals surface area contributed by atoms with Gasteiger partial charge in [0.15, 0.2) is 0 Å². The van der Waals surface area contributed by atoms with Gasteiger partial charge in [0.1, 0.15) is 0 Å². The van der Waals surface area contributed by atoms with Gasteiger partial charge in [0.05, 0.1) is 6.04 Å². The molecule has 0 spiro atoms. The first-order chi connectivity index (χ1) is 8.10. The highest BCUT2D eigenvalue weighted by molar-refractivity contribution is 9.10. The molecule has 92 valence electrons. The lowest BCUT2D eigenvalue weighted by molar-refractivity contribution is 0.0857. The second-order valence-electron chi connectivity index (χ2n) is 4.55. The Morgan fingerprint density at radius 2 is 2.24 bits per heavy atom. The Balaban J connectivity index is 2.08. The summed E-state index contributed by atoms with van der Waals surface area (Å²) in [5.74, 6) is 0.0486. The molecule has 1 aromatic rings. The van der Waals surface area contributed by atoms with Gasteiger partial charge in [0.2, 0.25) is 0 Å². The fraction of sp³-hybridized carbons (Fsp3) is 0.462. The molecule has 4 heteroatoms. The van der Waals surface area contributed by atoms with Crippen molar-refractivity contribution >= 4 is 21.8 Å². The molecule has 0 bridgehead atoms. The number of halogens is 1. The Labute approximate surface area is 110 Å². The van der Waals surface area contributed by atoms with E-state index in [-0.39, 0.29) is 5.91 Å². The second-order valence-corrected chi connectivity index (χ2v) is 5.46. The van der Waals surface area contributed by atoms with Crippen LogP contribution in [0.2, 0.25) is 0 Å². The lowest BCUT2D eigenvalue weighted by Gasteiger charge is -2.36. The number of benzene rings is 1. The molecule has 0 unspecified atom stereocenters. The Bertz CT molecular complexity index is 427. The highest BCUT2D eigenvalue weighted by Gasteiger charge is 2.25. The quantitative estimate of drug-likeness (QED) is 0.926. The molecule has 1 amide bonds.